The Bertz CT molecular complexity index is 1530. The van der Waals surface area contributed by atoms with E-state index in [1.165, 1.54) is 24.3 Å². The fourth-order valence-corrected chi connectivity index (χ4v) is 4.92. The highest BCUT2D eigenvalue weighted by Crippen LogP contribution is 2.29. The number of piperazine rings is 1. The Morgan fingerprint density at radius 3 is 2.36 bits per heavy atom. The number of anilines is 2. The number of carbonyl (C=O) groups excluding carboxylic acids is 1. The molecular formula is C30H33F3N6O3. The highest BCUT2D eigenvalue weighted by molar-refractivity contribution is 5.83. The second-order valence-corrected chi connectivity index (χ2v) is 10.5. The number of nitrogens with one attached hydrogen (secondary N) is 1. The lowest BCUT2D eigenvalue weighted by atomic mass is 10.1. The molecule has 0 aliphatic carbocycles. The molecule has 0 bridgehead atoms. The van der Waals surface area contributed by atoms with Gasteiger partial charge in [-0.05, 0) is 56.3 Å². The number of alkyl halides is 3. The normalized spacial score (nSPS) is 14.8. The summed E-state index contributed by atoms with van der Waals surface area (Å²) in [7, 11) is 1.83. The Morgan fingerprint density at radius 2 is 1.67 bits per heavy atom. The molecule has 1 saturated heterocycles. The molecule has 0 atom stereocenters. The van der Waals surface area contributed by atoms with Crippen molar-refractivity contribution in [1.82, 2.24) is 24.3 Å². The topological polar surface area (TPSA) is 84.8 Å². The molecule has 1 N–H and O–H groups in total. The van der Waals surface area contributed by atoms with E-state index in [2.05, 4.69) is 43.7 Å². The molecule has 222 valence electrons. The first-order valence-electron chi connectivity index (χ1n) is 13.7. The van der Waals surface area contributed by atoms with E-state index in [4.69, 9.17) is 4.74 Å². The molecule has 2 aromatic heterocycles. The van der Waals surface area contributed by atoms with Crippen LogP contribution in [0.4, 0.5) is 24.8 Å². The van der Waals surface area contributed by atoms with E-state index < -0.39 is 6.36 Å². The number of carbonyl (C=O) groups is 1. The van der Waals surface area contributed by atoms with E-state index in [0.29, 0.717) is 46.9 Å². The van der Waals surface area contributed by atoms with E-state index in [-0.39, 0.29) is 18.0 Å². The maximum Gasteiger partial charge on any atom is 0.573 e. The number of Topliss-reactive ketones (excluding diaryl/α,β-unsaturated/α-hetero) is 1. The van der Waals surface area contributed by atoms with Gasteiger partial charge in [-0.2, -0.15) is 0 Å². The monoisotopic (exact) mass is 582 g/mol. The molecule has 0 radical (unpaired) electrons. The summed E-state index contributed by atoms with van der Waals surface area (Å²) in [6.07, 6.45) is -2.88. The number of halogens is 3. The molecule has 9 nitrogen and oxygen atoms in total. The summed E-state index contributed by atoms with van der Waals surface area (Å²) in [6, 6.07) is 14.9. The first-order valence-corrected chi connectivity index (χ1v) is 13.7. The molecule has 1 aliphatic heterocycles. The Balaban J connectivity index is 1.20. The number of rotatable bonds is 10. The van der Waals surface area contributed by atoms with Gasteiger partial charge in [0.1, 0.15) is 17.2 Å². The first-order chi connectivity index (χ1) is 20.0. The molecule has 12 heteroatoms. The Hall–Kier alpha value is -4.16. The number of ether oxygens (including phenoxy) is 2. The smallest absolute Gasteiger partial charge is 0.457 e. The Labute approximate surface area is 241 Å². The number of fused-ring (bicyclic) bond motifs is 1. The zero-order valence-electron chi connectivity index (χ0n) is 23.7. The summed E-state index contributed by atoms with van der Waals surface area (Å²) in [6.45, 7) is 8.51. The average Bonchev–Trinajstić information content (AvgIpc) is 3.23. The van der Waals surface area contributed by atoms with Crippen LogP contribution in [0, 0.1) is 0 Å². The lowest BCUT2D eigenvalue weighted by Crippen LogP contribution is -2.50. The first kappa shape index (κ1) is 29.3. The third-order valence-corrected chi connectivity index (χ3v) is 7.14. The van der Waals surface area contributed by atoms with Crippen molar-refractivity contribution in [3.63, 3.8) is 0 Å². The fourth-order valence-electron chi connectivity index (χ4n) is 4.92. The van der Waals surface area contributed by atoms with Crippen LogP contribution in [-0.2, 0) is 18.3 Å². The van der Waals surface area contributed by atoms with E-state index in [9.17, 15) is 18.0 Å². The molecule has 0 spiro atoms. The SMILES string of the molecule is CC(C)N1CCN(CC(=O)Cc2cc(Oc3ccc4c(c3)nc(Nc3ccc(OC(F)(F)F)cc3)n4C)ccn2)CC1. The molecule has 1 fully saturated rings. The standard InChI is InChI=1S/C30H33F3N6O3/c1-20(2)39-14-12-38(13-15-39)19-23(40)16-22-17-26(10-11-34-22)41-25-8-9-28-27(18-25)36-29(37(28)3)35-21-4-6-24(7-5-21)42-30(31,32)33/h4-11,17-18,20H,12-16,19H2,1-3H3,(H,35,36). The number of aryl methyl sites for hydroxylation is 1. The van der Waals surface area contributed by atoms with Gasteiger partial charge in [-0.15, -0.1) is 13.2 Å². The van der Waals surface area contributed by atoms with Crippen molar-refractivity contribution >= 4 is 28.5 Å². The van der Waals surface area contributed by atoms with Gasteiger partial charge >= 0.3 is 6.36 Å². The van der Waals surface area contributed by atoms with Crippen LogP contribution in [0.25, 0.3) is 11.0 Å². The highest BCUT2D eigenvalue weighted by atomic mass is 19.4. The highest BCUT2D eigenvalue weighted by Gasteiger charge is 2.31. The summed E-state index contributed by atoms with van der Waals surface area (Å²) in [5, 5.41) is 3.11. The number of hydrogen-bond acceptors (Lipinski definition) is 8. The third kappa shape index (κ3) is 7.56. The molecule has 0 amide bonds. The summed E-state index contributed by atoms with van der Waals surface area (Å²) in [5.41, 5.74) is 2.69. The van der Waals surface area contributed by atoms with E-state index in [1.807, 2.05) is 23.7 Å². The van der Waals surface area contributed by atoms with Crippen LogP contribution in [0.3, 0.4) is 0 Å². The lowest BCUT2D eigenvalue weighted by Gasteiger charge is -2.36. The zero-order valence-corrected chi connectivity index (χ0v) is 23.7. The molecule has 5 rings (SSSR count). The van der Waals surface area contributed by atoms with Gasteiger partial charge < -0.3 is 19.4 Å². The lowest BCUT2D eigenvalue weighted by molar-refractivity contribution is -0.274. The van der Waals surface area contributed by atoms with Gasteiger partial charge in [0, 0.05) is 63.3 Å². The van der Waals surface area contributed by atoms with Crippen LogP contribution >= 0.6 is 0 Å². The van der Waals surface area contributed by atoms with Gasteiger partial charge in [-0.25, -0.2) is 4.98 Å². The Morgan fingerprint density at radius 1 is 0.976 bits per heavy atom. The van der Waals surface area contributed by atoms with Crippen LogP contribution < -0.4 is 14.8 Å². The number of hydrogen-bond donors (Lipinski definition) is 1. The number of nitrogens with zero attached hydrogens (tertiary/aromatic N) is 5. The number of pyridine rings is 1. The quantitative estimate of drug-likeness (QED) is 0.261. The summed E-state index contributed by atoms with van der Waals surface area (Å²) in [5.74, 6) is 1.45. The summed E-state index contributed by atoms with van der Waals surface area (Å²) >= 11 is 0. The minimum Gasteiger partial charge on any atom is -0.457 e. The maximum atomic E-state index is 12.7. The van der Waals surface area contributed by atoms with Crippen molar-refractivity contribution in [3.8, 4) is 17.2 Å². The largest absolute Gasteiger partial charge is 0.573 e. The predicted molar refractivity (Wildman–Crippen MR) is 153 cm³/mol. The molecule has 4 aromatic rings. The number of aromatic nitrogens is 3. The van der Waals surface area contributed by atoms with Crippen molar-refractivity contribution in [1.29, 1.82) is 0 Å². The van der Waals surface area contributed by atoms with Gasteiger partial charge in [0.2, 0.25) is 5.95 Å². The molecule has 3 heterocycles. The molecule has 1 aliphatic rings. The van der Waals surface area contributed by atoms with Crippen molar-refractivity contribution in [2.75, 3.05) is 38.0 Å². The molecule has 42 heavy (non-hydrogen) atoms. The minimum absolute atomic E-state index is 0.120. The number of imidazole rings is 1. The van der Waals surface area contributed by atoms with Crippen LogP contribution in [0.2, 0.25) is 0 Å². The van der Waals surface area contributed by atoms with E-state index in [0.717, 1.165) is 31.7 Å². The fraction of sp³-hybridized carbons (Fsp3) is 0.367. The maximum absolute atomic E-state index is 12.7. The van der Waals surface area contributed by atoms with Crippen molar-refractivity contribution in [2.45, 2.75) is 32.7 Å². The molecular weight excluding hydrogens is 549 g/mol. The van der Waals surface area contributed by atoms with Crippen LogP contribution in [-0.4, -0.2) is 75.2 Å². The number of benzene rings is 2. The second-order valence-electron chi connectivity index (χ2n) is 10.5. The van der Waals surface area contributed by atoms with Gasteiger partial charge in [-0.1, -0.05) is 0 Å². The van der Waals surface area contributed by atoms with Crippen molar-refractivity contribution < 1.29 is 27.4 Å². The van der Waals surface area contributed by atoms with Crippen LogP contribution in [0.5, 0.6) is 17.2 Å². The van der Waals surface area contributed by atoms with Gasteiger partial charge in [-0.3, -0.25) is 19.6 Å². The van der Waals surface area contributed by atoms with Gasteiger partial charge in [0.15, 0.2) is 5.78 Å². The zero-order chi connectivity index (χ0) is 29.9. The summed E-state index contributed by atoms with van der Waals surface area (Å²) in [4.78, 5) is 26.3. The van der Waals surface area contributed by atoms with Crippen LogP contribution in [0.15, 0.2) is 60.8 Å². The molecule has 0 unspecified atom stereocenters. The van der Waals surface area contributed by atoms with Crippen LogP contribution in [0.1, 0.15) is 19.5 Å². The minimum atomic E-state index is -4.75. The predicted octanol–water partition coefficient (Wildman–Crippen LogP) is 5.54. The average molecular weight is 583 g/mol. The second kappa shape index (κ2) is 12.4. The van der Waals surface area contributed by atoms with Gasteiger partial charge in [0.05, 0.1) is 29.7 Å². The molecule has 0 saturated carbocycles. The van der Waals surface area contributed by atoms with Gasteiger partial charge in [0.25, 0.3) is 0 Å². The summed E-state index contributed by atoms with van der Waals surface area (Å²) < 4.78 is 49.1. The Kier molecular flexibility index (Phi) is 8.64. The number of ketones is 1. The van der Waals surface area contributed by atoms with E-state index >= 15 is 0 Å². The molecule has 2 aromatic carbocycles. The van der Waals surface area contributed by atoms with Crippen molar-refractivity contribution in [3.05, 3.63) is 66.5 Å². The van der Waals surface area contributed by atoms with Crippen molar-refractivity contribution in [2.24, 2.45) is 7.05 Å². The van der Waals surface area contributed by atoms with E-state index in [1.54, 1.807) is 24.4 Å². The third-order valence-electron chi connectivity index (χ3n) is 7.14.